The van der Waals surface area contributed by atoms with Crippen molar-refractivity contribution in [3.8, 4) is 0 Å². The highest BCUT2D eigenvalue weighted by Crippen LogP contribution is 2.17. The van der Waals surface area contributed by atoms with Gasteiger partial charge in [0.05, 0.1) is 13.2 Å². The van der Waals surface area contributed by atoms with Crippen LogP contribution in [-0.4, -0.2) is 36.1 Å². The van der Waals surface area contributed by atoms with Gasteiger partial charge in [0.1, 0.15) is 0 Å². The highest BCUT2D eigenvalue weighted by molar-refractivity contribution is 5.80. The average molecular weight is 326 g/mol. The first-order valence-electron chi connectivity index (χ1n) is 8.29. The van der Waals surface area contributed by atoms with Gasteiger partial charge in [0.2, 0.25) is 0 Å². The number of rotatable bonds is 8. The van der Waals surface area contributed by atoms with Crippen LogP contribution in [0.2, 0.25) is 0 Å². The lowest BCUT2D eigenvalue weighted by Gasteiger charge is -2.32. The van der Waals surface area contributed by atoms with Crippen LogP contribution >= 0.6 is 0 Å². The molecule has 0 saturated heterocycles. The largest absolute Gasteiger partial charge is 0.283 e. The van der Waals surface area contributed by atoms with Crippen molar-refractivity contribution in [2.24, 2.45) is 0 Å². The van der Waals surface area contributed by atoms with Crippen LogP contribution in [0.4, 0.5) is 0 Å². The summed E-state index contributed by atoms with van der Waals surface area (Å²) in [5.41, 5.74) is 2.39. The highest BCUT2D eigenvalue weighted by Gasteiger charge is 2.27. The van der Waals surface area contributed by atoms with Crippen LogP contribution in [0.15, 0.2) is 60.7 Å². The van der Waals surface area contributed by atoms with Crippen LogP contribution in [0.5, 0.6) is 0 Å². The fraction of sp³-hybridized carbons (Fsp3) is 0.350. The minimum absolute atomic E-state index is 0.0214. The summed E-state index contributed by atoms with van der Waals surface area (Å²) >= 11 is 0. The van der Waals surface area contributed by atoms with Crippen LogP contribution in [0.3, 0.4) is 0 Å². The minimum atomic E-state index is -0.227. The number of hydroxylamine groups is 2. The molecule has 0 radical (unpaired) electrons. The zero-order chi connectivity index (χ0) is 17.4. The summed E-state index contributed by atoms with van der Waals surface area (Å²) in [7, 11) is 3.18. The Bertz CT molecular complexity index is 575. The van der Waals surface area contributed by atoms with E-state index in [1.54, 1.807) is 7.05 Å². The second-order valence-electron chi connectivity index (χ2n) is 5.82. The van der Waals surface area contributed by atoms with Gasteiger partial charge in [-0.05, 0) is 17.5 Å². The molecular formula is C20H26N2O2. The molecule has 0 fully saturated rings. The van der Waals surface area contributed by atoms with Crippen molar-refractivity contribution in [1.29, 1.82) is 0 Å². The highest BCUT2D eigenvalue weighted by atomic mass is 16.7. The van der Waals surface area contributed by atoms with Crippen molar-refractivity contribution in [3.05, 3.63) is 71.8 Å². The fourth-order valence-electron chi connectivity index (χ4n) is 2.80. The molecule has 2 aromatic rings. The Morgan fingerprint density at radius 1 is 0.958 bits per heavy atom. The molecule has 0 spiro atoms. The quantitative estimate of drug-likeness (QED) is 0.696. The normalized spacial score (nSPS) is 12.2. The molecule has 1 atom stereocenters. The number of hydrogen-bond acceptors (Lipinski definition) is 3. The standard InChI is InChI=1S/C20H26N2O2/c1-4-19(20(23)21(2)24-3)22(15-17-11-7-5-8-12-17)16-18-13-9-6-10-14-18/h5-14,19H,4,15-16H2,1-3H3. The van der Waals surface area contributed by atoms with Gasteiger partial charge in [0.15, 0.2) is 0 Å². The Morgan fingerprint density at radius 2 is 1.42 bits per heavy atom. The van der Waals surface area contributed by atoms with Crippen molar-refractivity contribution in [1.82, 2.24) is 9.96 Å². The Balaban J connectivity index is 2.24. The smallest absolute Gasteiger partial charge is 0.263 e. The van der Waals surface area contributed by atoms with Crippen LogP contribution in [0.1, 0.15) is 24.5 Å². The first-order valence-corrected chi connectivity index (χ1v) is 8.29. The van der Waals surface area contributed by atoms with E-state index in [2.05, 4.69) is 29.2 Å². The number of carbonyl (C=O) groups is 1. The number of amides is 1. The number of nitrogens with zero attached hydrogens (tertiary/aromatic N) is 2. The van der Waals surface area contributed by atoms with Gasteiger partial charge >= 0.3 is 0 Å². The summed E-state index contributed by atoms with van der Waals surface area (Å²) in [4.78, 5) is 20.0. The second kappa shape index (κ2) is 9.21. The molecule has 0 saturated carbocycles. The summed E-state index contributed by atoms with van der Waals surface area (Å²) in [5.74, 6) is -0.0214. The first kappa shape index (κ1) is 18.2. The van der Waals surface area contributed by atoms with E-state index in [-0.39, 0.29) is 11.9 Å². The predicted octanol–water partition coefficient (Wildman–Crippen LogP) is 3.49. The lowest BCUT2D eigenvalue weighted by molar-refractivity contribution is -0.175. The topological polar surface area (TPSA) is 32.8 Å². The van der Waals surface area contributed by atoms with Gasteiger partial charge in [0, 0.05) is 20.1 Å². The fourth-order valence-corrected chi connectivity index (χ4v) is 2.80. The average Bonchev–Trinajstić information content (AvgIpc) is 2.63. The third-order valence-electron chi connectivity index (χ3n) is 4.15. The Morgan fingerprint density at radius 3 is 1.79 bits per heavy atom. The number of likely N-dealkylation sites (N-methyl/N-ethyl adjacent to an activating group) is 1. The van der Waals surface area contributed by atoms with Crippen LogP contribution in [-0.2, 0) is 22.7 Å². The summed E-state index contributed by atoms with van der Waals surface area (Å²) in [5, 5.41) is 1.32. The van der Waals surface area contributed by atoms with Crippen molar-refractivity contribution < 1.29 is 9.63 Å². The molecule has 2 aromatic carbocycles. The zero-order valence-corrected chi connectivity index (χ0v) is 14.7. The molecule has 4 heteroatoms. The van der Waals surface area contributed by atoms with Crippen molar-refractivity contribution in [2.45, 2.75) is 32.5 Å². The van der Waals surface area contributed by atoms with Gasteiger partial charge in [-0.2, -0.15) is 0 Å². The van der Waals surface area contributed by atoms with Gasteiger partial charge in [-0.1, -0.05) is 67.6 Å². The summed E-state index contributed by atoms with van der Waals surface area (Å²) in [6.45, 7) is 3.48. The minimum Gasteiger partial charge on any atom is -0.283 e. The molecule has 24 heavy (non-hydrogen) atoms. The molecular weight excluding hydrogens is 300 g/mol. The van der Waals surface area contributed by atoms with Gasteiger partial charge in [0.25, 0.3) is 5.91 Å². The van der Waals surface area contributed by atoms with E-state index in [9.17, 15) is 4.79 Å². The van der Waals surface area contributed by atoms with Crippen molar-refractivity contribution in [3.63, 3.8) is 0 Å². The molecule has 0 N–H and O–H groups in total. The van der Waals surface area contributed by atoms with E-state index >= 15 is 0 Å². The molecule has 4 nitrogen and oxygen atoms in total. The number of hydrogen-bond donors (Lipinski definition) is 0. The van der Waals surface area contributed by atoms with Crippen LogP contribution in [0, 0.1) is 0 Å². The van der Waals surface area contributed by atoms with E-state index < -0.39 is 0 Å². The van der Waals surface area contributed by atoms with Crippen molar-refractivity contribution in [2.75, 3.05) is 14.2 Å². The third kappa shape index (κ3) is 4.91. The Kier molecular flexibility index (Phi) is 6.97. The molecule has 1 unspecified atom stereocenters. The molecule has 2 rings (SSSR count). The maximum Gasteiger partial charge on any atom is 0.263 e. The lowest BCUT2D eigenvalue weighted by Crippen LogP contribution is -2.46. The van der Waals surface area contributed by atoms with Gasteiger partial charge in [-0.3, -0.25) is 14.5 Å². The number of carbonyl (C=O) groups excluding carboxylic acids is 1. The van der Waals surface area contributed by atoms with E-state index in [0.717, 1.165) is 19.5 Å². The monoisotopic (exact) mass is 326 g/mol. The Hall–Kier alpha value is -2.17. The second-order valence-corrected chi connectivity index (χ2v) is 5.82. The molecule has 1 amide bonds. The van der Waals surface area contributed by atoms with Crippen LogP contribution < -0.4 is 0 Å². The molecule has 0 aliphatic rings. The van der Waals surface area contributed by atoms with E-state index in [1.807, 2.05) is 43.3 Å². The maximum absolute atomic E-state index is 12.7. The van der Waals surface area contributed by atoms with Crippen LogP contribution in [0.25, 0.3) is 0 Å². The predicted molar refractivity (Wildman–Crippen MR) is 96.0 cm³/mol. The van der Waals surface area contributed by atoms with Gasteiger partial charge < -0.3 is 0 Å². The molecule has 0 heterocycles. The van der Waals surface area contributed by atoms with E-state index in [1.165, 1.54) is 23.3 Å². The maximum atomic E-state index is 12.7. The summed E-state index contributed by atoms with van der Waals surface area (Å²) in [6, 6.07) is 20.3. The van der Waals surface area contributed by atoms with E-state index in [4.69, 9.17) is 4.84 Å². The molecule has 0 aromatic heterocycles. The lowest BCUT2D eigenvalue weighted by atomic mass is 10.1. The SMILES string of the molecule is CCC(C(=O)N(C)OC)N(Cc1ccccc1)Cc1ccccc1. The Labute approximate surface area is 144 Å². The van der Waals surface area contributed by atoms with Gasteiger partial charge in [-0.15, -0.1) is 0 Å². The van der Waals surface area contributed by atoms with Crippen molar-refractivity contribution >= 4 is 5.91 Å². The first-order chi connectivity index (χ1) is 11.7. The molecule has 128 valence electrons. The molecule has 0 aliphatic heterocycles. The number of benzene rings is 2. The third-order valence-corrected chi connectivity index (χ3v) is 4.15. The summed E-state index contributed by atoms with van der Waals surface area (Å²) in [6.07, 6.45) is 0.728. The molecule has 0 aliphatic carbocycles. The van der Waals surface area contributed by atoms with E-state index in [0.29, 0.717) is 0 Å². The van der Waals surface area contributed by atoms with Gasteiger partial charge in [-0.25, -0.2) is 5.06 Å². The molecule has 0 bridgehead atoms. The zero-order valence-electron chi connectivity index (χ0n) is 14.7. The summed E-state index contributed by atoms with van der Waals surface area (Å²) < 4.78 is 0.